The summed E-state index contributed by atoms with van der Waals surface area (Å²) in [4.78, 5) is 25.8. The fourth-order valence-corrected chi connectivity index (χ4v) is 2.82. The second-order valence-electron chi connectivity index (χ2n) is 5.78. The molecule has 1 aliphatic rings. The molecule has 0 aromatic heterocycles. The highest BCUT2D eigenvalue weighted by molar-refractivity contribution is 7.99. The van der Waals surface area contributed by atoms with Crippen molar-refractivity contribution in [2.75, 3.05) is 11.6 Å². The molecule has 1 atom stereocenters. The van der Waals surface area contributed by atoms with E-state index in [1.54, 1.807) is 22.7 Å². The molecule has 0 radical (unpaired) electrons. The number of carbonyl (C=O) groups is 2. The lowest BCUT2D eigenvalue weighted by Crippen LogP contribution is -2.52. The van der Waals surface area contributed by atoms with Gasteiger partial charge in [-0.3, -0.25) is 9.59 Å². The quantitative estimate of drug-likeness (QED) is 0.778. The molecule has 1 saturated heterocycles. The molecular weight excluding hydrogens is 248 g/mol. The Labute approximate surface area is 113 Å². The van der Waals surface area contributed by atoms with Crippen molar-refractivity contribution in [2.24, 2.45) is 0 Å². The van der Waals surface area contributed by atoms with E-state index in [-0.39, 0.29) is 23.4 Å². The minimum absolute atomic E-state index is 0.0667. The van der Waals surface area contributed by atoms with E-state index in [9.17, 15) is 9.59 Å². The van der Waals surface area contributed by atoms with Crippen LogP contribution in [0.5, 0.6) is 0 Å². The molecule has 0 bridgehead atoms. The van der Waals surface area contributed by atoms with Crippen LogP contribution in [0.25, 0.3) is 0 Å². The lowest BCUT2D eigenvalue weighted by molar-refractivity contribution is -0.135. The van der Waals surface area contributed by atoms with Crippen molar-refractivity contribution in [1.82, 2.24) is 10.2 Å². The van der Waals surface area contributed by atoms with Crippen LogP contribution in [-0.2, 0) is 9.59 Å². The molecule has 1 aliphatic heterocycles. The van der Waals surface area contributed by atoms with Crippen molar-refractivity contribution in [3.05, 3.63) is 11.6 Å². The van der Waals surface area contributed by atoms with E-state index in [0.717, 1.165) is 5.57 Å². The normalized spacial score (nSPS) is 19.6. The van der Waals surface area contributed by atoms with Crippen LogP contribution < -0.4 is 5.32 Å². The van der Waals surface area contributed by atoms with E-state index < -0.39 is 0 Å². The van der Waals surface area contributed by atoms with Crippen molar-refractivity contribution in [3.63, 3.8) is 0 Å². The van der Waals surface area contributed by atoms with Gasteiger partial charge in [-0.2, -0.15) is 0 Å². The molecule has 5 heteroatoms. The molecule has 1 unspecified atom stereocenters. The molecular formula is C13H22N2O2S. The third-order valence-electron chi connectivity index (χ3n) is 2.38. The second kappa shape index (κ2) is 5.78. The van der Waals surface area contributed by atoms with Gasteiger partial charge in [0.1, 0.15) is 6.04 Å². The van der Waals surface area contributed by atoms with Gasteiger partial charge in [0.15, 0.2) is 0 Å². The van der Waals surface area contributed by atoms with Gasteiger partial charge in [0.05, 0.1) is 5.88 Å². The Kier molecular flexibility index (Phi) is 4.85. The predicted octanol–water partition coefficient (Wildman–Crippen LogP) is 1.77. The van der Waals surface area contributed by atoms with Crippen LogP contribution in [0, 0.1) is 0 Å². The summed E-state index contributed by atoms with van der Waals surface area (Å²) >= 11 is 1.62. The Morgan fingerprint density at radius 2 is 1.94 bits per heavy atom. The van der Waals surface area contributed by atoms with E-state index >= 15 is 0 Å². The molecule has 0 saturated carbocycles. The minimum atomic E-state index is -0.350. The smallest absolute Gasteiger partial charge is 0.247 e. The van der Waals surface area contributed by atoms with Crippen molar-refractivity contribution < 1.29 is 9.59 Å². The number of nitrogens with zero attached hydrogens (tertiary/aromatic N) is 1. The van der Waals surface area contributed by atoms with Gasteiger partial charge in [0.2, 0.25) is 11.8 Å². The first-order valence-electron chi connectivity index (χ1n) is 6.06. The summed E-state index contributed by atoms with van der Waals surface area (Å²) in [5.74, 6) is 1.12. The Balaban J connectivity index is 2.74. The average molecular weight is 270 g/mol. The van der Waals surface area contributed by atoms with E-state index in [0.29, 0.717) is 11.6 Å². The predicted molar refractivity (Wildman–Crippen MR) is 75.3 cm³/mol. The van der Waals surface area contributed by atoms with Gasteiger partial charge in [-0.15, -0.1) is 11.8 Å². The summed E-state index contributed by atoms with van der Waals surface area (Å²) in [6.45, 7) is 9.58. The number of hydrogen-bond donors (Lipinski definition) is 1. The number of thioether (sulfide) groups is 1. The zero-order valence-electron chi connectivity index (χ0n) is 11.7. The Morgan fingerprint density at radius 1 is 1.33 bits per heavy atom. The summed E-state index contributed by atoms with van der Waals surface area (Å²) in [5, 5.41) is 2.93. The highest BCUT2D eigenvalue weighted by atomic mass is 32.2. The Bertz CT molecular complexity index is 368. The zero-order chi connectivity index (χ0) is 13.9. The fraction of sp³-hybridized carbons (Fsp3) is 0.692. The lowest BCUT2D eigenvalue weighted by atomic mass is 10.1. The molecule has 102 valence electrons. The van der Waals surface area contributed by atoms with Gasteiger partial charge >= 0.3 is 0 Å². The van der Waals surface area contributed by atoms with Gasteiger partial charge < -0.3 is 10.2 Å². The van der Waals surface area contributed by atoms with Gasteiger partial charge in [0, 0.05) is 17.4 Å². The van der Waals surface area contributed by atoms with Gasteiger partial charge in [-0.05, 0) is 34.6 Å². The molecule has 1 heterocycles. The molecule has 4 nitrogen and oxygen atoms in total. The van der Waals surface area contributed by atoms with Crippen LogP contribution in [0.4, 0.5) is 0 Å². The lowest BCUT2D eigenvalue weighted by Gasteiger charge is -2.27. The zero-order valence-corrected chi connectivity index (χ0v) is 12.6. The fourth-order valence-electron chi connectivity index (χ4n) is 1.66. The van der Waals surface area contributed by atoms with Crippen molar-refractivity contribution in [2.45, 2.75) is 46.2 Å². The van der Waals surface area contributed by atoms with Crippen LogP contribution in [-0.4, -0.2) is 39.9 Å². The molecule has 1 fully saturated rings. The van der Waals surface area contributed by atoms with E-state index in [2.05, 4.69) is 5.32 Å². The molecule has 18 heavy (non-hydrogen) atoms. The van der Waals surface area contributed by atoms with Crippen molar-refractivity contribution >= 4 is 23.6 Å². The maximum absolute atomic E-state index is 12.1. The first kappa shape index (κ1) is 15.1. The largest absolute Gasteiger partial charge is 0.350 e. The highest BCUT2D eigenvalue weighted by Crippen LogP contribution is 2.22. The summed E-state index contributed by atoms with van der Waals surface area (Å²) < 4.78 is 0. The first-order chi connectivity index (χ1) is 8.20. The van der Waals surface area contributed by atoms with E-state index in [4.69, 9.17) is 0 Å². The molecule has 2 amide bonds. The molecule has 1 N–H and O–H groups in total. The van der Waals surface area contributed by atoms with Crippen LogP contribution in [0.2, 0.25) is 0 Å². The molecule has 1 rings (SSSR count). The topological polar surface area (TPSA) is 49.4 Å². The minimum Gasteiger partial charge on any atom is -0.350 e. The van der Waals surface area contributed by atoms with E-state index in [1.807, 2.05) is 34.6 Å². The van der Waals surface area contributed by atoms with Crippen molar-refractivity contribution in [3.8, 4) is 0 Å². The average Bonchev–Trinajstić information content (AvgIpc) is 2.61. The van der Waals surface area contributed by atoms with Gasteiger partial charge in [0.25, 0.3) is 0 Å². The summed E-state index contributed by atoms with van der Waals surface area (Å²) in [6.07, 6.45) is 1.59. The third-order valence-corrected chi connectivity index (χ3v) is 3.39. The number of hydrogen-bond acceptors (Lipinski definition) is 3. The standard InChI is InChI=1S/C13H22N2O2S/c1-9(2)6-11(16)15-8-18-7-10(15)12(17)14-13(3,4)5/h6,10H,7-8H2,1-5H3,(H,14,17). The van der Waals surface area contributed by atoms with Crippen LogP contribution in [0.15, 0.2) is 11.6 Å². The Hall–Kier alpha value is -0.970. The summed E-state index contributed by atoms with van der Waals surface area (Å²) in [6, 6.07) is -0.350. The first-order valence-corrected chi connectivity index (χ1v) is 7.21. The SMILES string of the molecule is CC(C)=CC(=O)N1CSCC1C(=O)NC(C)(C)C. The summed E-state index contributed by atoms with van der Waals surface area (Å²) in [7, 11) is 0. The maximum atomic E-state index is 12.1. The van der Waals surface area contributed by atoms with Crippen LogP contribution in [0.1, 0.15) is 34.6 Å². The molecule has 0 aromatic carbocycles. The van der Waals surface area contributed by atoms with Gasteiger partial charge in [-0.25, -0.2) is 0 Å². The maximum Gasteiger partial charge on any atom is 0.247 e. The molecule has 0 aliphatic carbocycles. The van der Waals surface area contributed by atoms with Gasteiger partial charge in [-0.1, -0.05) is 5.57 Å². The molecule has 0 aromatic rings. The summed E-state index contributed by atoms with van der Waals surface area (Å²) in [5.41, 5.74) is 0.683. The number of rotatable bonds is 2. The Morgan fingerprint density at radius 3 is 2.44 bits per heavy atom. The third kappa shape index (κ3) is 4.37. The van der Waals surface area contributed by atoms with Crippen molar-refractivity contribution in [1.29, 1.82) is 0 Å². The van der Waals surface area contributed by atoms with Crippen LogP contribution in [0.3, 0.4) is 0 Å². The second-order valence-corrected chi connectivity index (χ2v) is 6.78. The number of allylic oxidation sites excluding steroid dienone is 1. The number of amides is 2. The van der Waals surface area contributed by atoms with Crippen LogP contribution >= 0.6 is 11.8 Å². The highest BCUT2D eigenvalue weighted by Gasteiger charge is 2.35. The monoisotopic (exact) mass is 270 g/mol. The molecule has 0 spiro atoms. The number of nitrogens with one attached hydrogen (secondary N) is 1. The van der Waals surface area contributed by atoms with E-state index in [1.165, 1.54) is 0 Å². The number of carbonyl (C=O) groups excluding carboxylic acids is 2.